The van der Waals surface area contributed by atoms with Crippen molar-refractivity contribution in [3.05, 3.63) is 53.9 Å². The first-order chi connectivity index (χ1) is 11.4. The lowest BCUT2D eigenvalue weighted by atomic mass is 10.2. The number of esters is 1. The first kappa shape index (κ1) is 16.7. The average molecular weight is 348 g/mol. The van der Waals surface area contributed by atoms with Crippen LogP contribution in [0.3, 0.4) is 0 Å². The van der Waals surface area contributed by atoms with Crippen molar-refractivity contribution in [2.75, 3.05) is 13.2 Å². The molecule has 1 aliphatic heterocycles. The van der Waals surface area contributed by atoms with Gasteiger partial charge in [-0.15, -0.1) is 0 Å². The Labute approximate surface area is 141 Å². The standard InChI is InChI=1S/C17H20N2O4S/c1-3-23-17(20)14-6-8-15(9-7-14)24(21,22)19-12-11-18-10-4-5-16(18)13(19)2/h4-10,13H,3,11-12H2,1-2H3. The Kier molecular flexibility index (Phi) is 4.47. The van der Waals surface area contributed by atoms with Crippen molar-refractivity contribution < 1.29 is 17.9 Å². The molecule has 2 heterocycles. The van der Waals surface area contributed by atoms with Gasteiger partial charge in [-0.05, 0) is 50.2 Å². The number of benzene rings is 1. The van der Waals surface area contributed by atoms with Gasteiger partial charge in [0.15, 0.2) is 0 Å². The highest BCUT2D eigenvalue weighted by Gasteiger charge is 2.33. The number of carbonyl (C=O) groups excluding carboxylic acids is 1. The molecule has 7 heteroatoms. The molecule has 0 N–H and O–H groups in total. The molecule has 3 rings (SSSR count). The summed E-state index contributed by atoms with van der Waals surface area (Å²) in [6.45, 7) is 4.95. The third kappa shape index (κ3) is 2.85. The van der Waals surface area contributed by atoms with Crippen molar-refractivity contribution in [3.63, 3.8) is 0 Å². The van der Waals surface area contributed by atoms with E-state index in [-0.39, 0.29) is 17.5 Å². The molecule has 0 saturated heterocycles. The van der Waals surface area contributed by atoms with Crippen LogP contribution in [0.4, 0.5) is 0 Å². The molecule has 2 aromatic rings. The van der Waals surface area contributed by atoms with Gasteiger partial charge in [-0.25, -0.2) is 13.2 Å². The van der Waals surface area contributed by atoms with E-state index < -0.39 is 16.0 Å². The highest BCUT2D eigenvalue weighted by Crippen LogP contribution is 2.31. The van der Waals surface area contributed by atoms with E-state index in [4.69, 9.17) is 4.74 Å². The van der Waals surface area contributed by atoms with Crippen molar-refractivity contribution in [2.45, 2.75) is 31.3 Å². The number of carbonyl (C=O) groups is 1. The summed E-state index contributed by atoms with van der Waals surface area (Å²) in [6, 6.07) is 9.53. The smallest absolute Gasteiger partial charge is 0.338 e. The van der Waals surface area contributed by atoms with Crippen LogP contribution >= 0.6 is 0 Å². The van der Waals surface area contributed by atoms with Crippen LogP contribution < -0.4 is 0 Å². The van der Waals surface area contributed by atoms with Crippen LogP contribution in [-0.4, -0.2) is 36.4 Å². The Morgan fingerprint density at radius 3 is 2.58 bits per heavy atom. The first-order valence-electron chi connectivity index (χ1n) is 7.89. The molecule has 1 aromatic heterocycles. The third-order valence-electron chi connectivity index (χ3n) is 4.26. The SMILES string of the molecule is CCOC(=O)c1ccc(S(=O)(=O)N2CCn3cccc3C2C)cc1. The summed E-state index contributed by atoms with van der Waals surface area (Å²) in [6.07, 6.45) is 1.96. The minimum absolute atomic E-state index is 0.183. The molecule has 0 amide bonds. The molecule has 128 valence electrons. The van der Waals surface area contributed by atoms with Crippen LogP contribution in [0.25, 0.3) is 0 Å². The quantitative estimate of drug-likeness (QED) is 0.796. The molecule has 1 aromatic carbocycles. The van der Waals surface area contributed by atoms with Crippen molar-refractivity contribution in [3.8, 4) is 0 Å². The Bertz CT molecular complexity index is 840. The molecule has 0 aliphatic carbocycles. The van der Waals surface area contributed by atoms with Gasteiger partial charge in [0.25, 0.3) is 0 Å². The minimum Gasteiger partial charge on any atom is -0.462 e. The molecule has 6 nitrogen and oxygen atoms in total. The van der Waals surface area contributed by atoms with E-state index >= 15 is 0 Å². The molecule has 1 unspecified atom stereocenters. The van der Waals surface area contributed by atoms with E-state index in [0.29, 0.717) is 18.7 Å². The van der Waals surface area contributed by atoms with Crippen LogP contribution in [0.5, 0.6) is 0 Å². The van der Waals surface area contributed by atoms with Crippen LogP contribution in [0, 0.1) is 0 Å². The van der Waals surface area contributed by atoms with Crippen LogP contribution in [0.1, 0.15) is 35.9 Å². The molecule has 1 atom stereocenters. The zero-order valence-corrected chi connectivity index (χ0v) is 14.5. The fourth-order valence-corrected chi connectivity index (χ4v) is 4.60. The number of rotatable bonds is 4. The van der Waals surface area contributed by atoms with Gasteiger partial charge in [0, 0.05) is 25.0 Å². The highest BCUT2D eigenvalue weighted by molar-refractivity contribution is 7.89. The summed E-state index contributed by atoms with van der Waals surface area (Å²) < 4.78 is 34.4. The number of hydrogen-bond donors (Lipinski definition) is 0. The number of nitrogens with zero attached hydrogens (tertiary/aromatic N) is 2. The Morgan fingerprint density at radius 2 is 1.92 bits per heavy atom. The van der Waals surface area contributed by atoms with Gasteiger partial charge in [-0.1, -0.05) is 0 Å². The lowest BCUT2D eigenvalue weighted by Gasteiger charge is -2.33. The fourth-order valence-electron chi connectivity index (χ4n) is 3.00. The fraction of sp³-hybridized carbons (Fsp3) is 0.353. The monoisotopic (exact) mass is 348 g/mol. The summed E-state index contributed by atoms with van der Waals surface area (Å²) in [5.74, 6) is -0.453. The van der Waals surface area contributed by atoms with E-state index in [0.717, 1.165) is 5.69 Å². The second kappa shape index (κ2) is 6.41. The van der Waals surface area contributed by atoms with E-state index in [1.165, 1.54) is 28.6 Å². The normalized spacial score (nSPS) is 18.2. The average Bonchev–Trinajstić information content (AvgIpc) is 3.05. The maximum absolute atomic E-state index is 12.9. The maximum Gasteiger partial charge on any atom is 0.338 e. The second-order valence-corrected chi connectivity index (χ2v) is 7.55. The number of aromatic nitrogens is 1. The van der Waals surface area contributed by atoms with Gasteiger partial charge in [-0.3, -0.25) is 0 Å². The molecule has 0 bridgehead atoms. The van der Waals surface area contributed by atoms with Crippen LogP contribution in [-0.2, 0) is 21.3 Å². The molecule has 0 radical (unpaired) electrons. The zero-order chi connectivity index (χ0) is 17.3. The first-order valence-corrected chi connectivity index (χ1v) is 9.33. The largest absolute Gasteiger partial charge is 0.462 e. The van der Waals surface area contributed by atoms with Gasteiger partial charge in [0.1, 0.15) is 0 Å². The van der Waals surface area contributed by atoms with Crippen molar-refractivity contribution in [2.24, 2.45) is 0 Å². The van der Waals surface area contributed by atoms with E-state index in [2.05, 4.69) is 4.57 Å². The van der Waals surface area contributed by atoms with Crippen molar-refractivity contribution >= 4 is 16.0 Å². The molecule has 24 heavy (non-hydrogen) atoms. The Hall–Kier alpha value is -2.12. The Balaban J connectivity index is 1.87. The number of fused-ring (bicyclic) bond motifs is 1. The van der Waals surface area contributed by atoms with Crippen LogP contribution in [0.2, 0.25) is 0 Å². The van der Waals surface area contributed by atoms with Gasteiger partial charge in [-0.2, -0.15) is 4.31 Å². The summed E-state index contributed by atoms with van der Waals surface area (Å²) in [7, 11) is -3.62. The van der Waals surface area contributed by atoms with Gasteiger partial charge in [0.05, 0.1) is 23.1 Å². The molecule has 0 fully saturated rings. The summed E-state index contributed by atoms with van der Waals surface area (Å²) in [5.41, 5.74) is 1.32. The van der Waals surface area contributed by atoms with Gasteiger partial charge in [0.2, 0.25) is 10.0 Å². The predicted molar refractivity (Wildman–Crippen MR) is 89.1 cm³/mol. The van der Waals surface area contributed by atoms with Crippen LogP contribution in [0.15, 0.2) is 47.5 Å². The van der Waals surface area contributed by atoms with E-state index in [9.17, 15) is 13.2 Å². The third-order valence-corrected chi connectivity index (χ3v) is 6.24. The molecule has 0 saturated carbocycles. The van der Waals surface area contributed by atoms with Gasteiger partial charge < -0.3 is 9.30 Å². The zero-order valence-electron chi connectivity index (χ0n) is 13.7. The number of ether oxygens (including phenoxy) is 1. The summed E-state index contributed by atoms with van der Waals surface area (Å²) in [5, 5.41) is 0. The van der Waals surface area contributed by atoms with Crippen molar-refractivity contribution in [1.82, 2.24) is 8.87 Å². The van der Waals surface area contributed by atoms with E-state index in [1.54, 1.807) is 6.92 Å². The molecular formula is C17H20N2O4S. The highest BCUT2D eigenvalue weighted by atomic mass is 32.2. The van der Waals surface area contributed by atoms with Gasteiger partial charge >= 0.3 is 5.97 Å². The topological polar surface area (TPSA) is 68.6 Å². The maximum atomic E-state index is 12.9. The summed E-state index contributed by atoms with van der Waals surface area (Å²) >= 11 is 0. The molecule has 0 spiro atoms. The van der Waals surface area contributed by atoms with Crippen molar-refractivity contribution in [1.29, 1.82) is 0 Å². The minimum atomic E-state index is -3.62. The predicted octanol–water partition coefficient (Wildman–Crippen LogP) is 2.43. The molecular weight excluding hydrogens is 328 g/mol. The summed E-state index contributed by atoms with van der Waals surface area (Å²) in [4.78, 5) is 11.9. The lowest BCUT2D eigenvalue weighted by molar-refractivity contribution is 0.0526. The number of sulfonamides is 1. The molecule has 1 aliphatic rings. The second-order valence-electron chi connectivity index (χ2n) is 5.66. The lowest BCUT2D eigenvalue weighted by Crippen LogP contribution is -2.40. The Morgan fingerprint density at radius 1 is 1.21 bits per heavy atom. The number of hydrogen-bond acceptors (Lipinski definition) is 4. The van der Waals surface area contributed by atoms with E-state index in [1.807, 2.05) is 25.3 Å².